The number of thiazole rings is 1. The van der Waals surface area contributed by atoms with Gasteiger partial charge in [-0.25, -0.2) is 4.98 Å². The van der Waals surface area contributed by atoms with Crippen molar-refractivity contribution in [3.8, 4) is 17.0 Å². The van der Waals surface area contributed by atoms with E-state index in [0.29, 0.717) is 6.61 Å². The molecule has 0 bridgehead atoms. The number of rotatable bonds is 4. The van der Waals surface area contributed by atoms with E-state index in [1.54, 1.807) is 11.3 Å². The zero-order valence-corrected chi connectivity index (χ0v) is 13.0. The fourth-order valence-electron chi connectivity index (χ4n) is 1.87. The molecule has 0 saturated heterocycles. The molecule has 0 amide bonds. The summed E-state index contributed by atoms with van der Waals surface area (Å²) < 4.78 is 6.77. The van der Waals surface area contributed by atoms with Gasteiger partial charge in [-0.3, -0.25) is 0 Å². The fraction of sp³-hybridized carbons (Fsp3) is 0.0625. The molecule has 0 saturated carbocycles. The van der Waals surface area contributed by atoms with Crippen LogP contribution in [0.3, 0.4) is 0 Å². The average Bonchev–Trinajstić information content (AvgIpc) is 3.01. The van der Waals surface area contributed by atoms with Crippen LogP contribution >= 0.6 is 27.3 Å². The predicted molar refractivity (Wildman–Crippen MR) is 86.0 cm³/mol. The van der Waals surface area contributed by atoms with Crippen molar-refractivity contribution in [2.45, 2.75) is 6.61 Å². The Morgan fingerprint density at radius 1 is 1.10 bits per heavy atom. The van der Waals surface area contributed by atoms with Crippen molar-refractivity contribution in [2.24, 2.45) is 0 Å². The highest BCUT2D eigenvalue weighted by atomic mass is 79.9. The van der Waals surface area contributed by atoms with Crippen molar-refractivity contribution in [2.75, 3.05) is 0 Å². The third kappa shape index (κ3) is 3.08. The van der Waals surface area contributed by atoms with Gasteiger partial charge in [0.1, 0.15) is 12.4 Å². The molecular weight excluding hydrogens is 334 g/mol. The minimum atomic E-state index is 0.565. The maximum Gasteiger partial charge on any atom is 0.134 e. The summed E-state index contributed by atoms with van der Waals surface area (Å²) >= 11 is 5.15. The van der Waals surface area contributed by atoms with E-state index in [1.807, 2.05) is 47.3 Å². The third-order valence-electron chi connectivity index (χ3n) is 2.90. The predicted octanol–water partition coefficient (Wildman–Crippen LogP) is 5.15. The van der Waals surface area contributed by atoms with Crippen LogP contribution < -0.4 is 4.74 Å². The van der Waals surface area contributed by atoms with Crippen molar-refractivity contribution in [3.05, 3.63) is 69.5 Å². The Kier molecular flexibility index (Phi) is 4.14. The molecule has 3 aromatic rings. The monoisotopic (exact) mass is 345 g/mol. The van der Waals surface area contributed by atoms with Crippen LogP contribution in [0.15, 0.2) is 63.9 Å². The quantitative estimate of drug-likeness (QED) is 0.652. The third-order valence-corrected chi connectivity index (χ3v) is 4.10. The molecule has 2 aromatic carbocycles. The molecule has 4 heteroatoms. The van der Waals surface area contributed by atoms with E-state index in [-0.39, 0.29) is 0 Å². The molecule has 2 nitrogen and oxygen atoms in total. The summed E-state index contributed by atoms with van der Waals surface area (Å²) in [5.74, 6) is 0.841. The number of aromatic nitrogens is 1. The minimum Gasteiger partial charge on any atom is -0.488 e. The van der Waals surface area contributed by atoms with E-state index in [0.717, 1.165) is 27.0 Å². The first-order chi connectivity index (χ1) is 9.83. The van der Waals surface area contributed by atoms with Crippen molar-refractivity contribution in [1.29, 1.82) is 0 Å². The molecule has 1 heterocycles. The lowest BCUT2D eigenvalue weighted by atomic mass is 10.2. The van der Waals surface area contributed by atoms with Crippen LogP contribution in [0, 0.1) is 0 Å². The van der Waals surface area contributed by atoms with Crippen LogP contribution in [0.2, 0.25) is 0 Å². The van der Waals surface area contributed by atoms with Crippen LogP contribution in [0.25, 0.3) is 11.3 Å². The van der Waals surface area contributed by atoms with Crippen LogP contribution in [-0.4, -0.2) is 4.98 Å². The van der Waals surface area contributed by atoms with Crippen LogP contribution in [0.1, 0.15) is 5.56 Å². The highest BCUT2D eigenvalue weighted by Crippen LogP contribution is 2.31. The maximum atomic E-state index is 5.83. The molecule has 0 aliphatic carbocycles. The Bertz CT molecular complexity index is 683. The van der Waals surface area contributed by atoms with E-state index >= 15 is 0 Å². The van der Waals surface area contributed by atoms with E-state index in [1.165, 1.54) is 0 Å². The second-order valence-electron chi connectivity index (χ2n) is 4.29. The molecule has 0 fully saturated rings. The Morgan fingerprint density at radius 3 is 2.65 bits per heavy atom. The summed E-state index contributed by atoms with van der Waals surface area (Å²) in [6, 6.07) is 16.2. The lowest BCUT2D eigenvalue weighted by molar-refractivity contribution is 0.304. The molecule has 0 radical (unpaired) electrons. The highest BCUT2D eigenvalue weighted by Gasteiger charge is 2.06. The van der Waals surface area contributed by atoms with Gasteiger partial charge in [-0.05, 0) is 39.7 Å². The van der Waals surface area contributed by atoms with Gasteiger partial charge in [0.05, 0.1) is 15.7 Å². The number of halogens is 1. The zero-order valence-electron chi connectivity index (χ0n) is 10.6. The molecule has 0 spiro atoms. The van der Waals surface area contributed by atoms with E-state index < -0.39 is 0 Å². The average molecular weight is 346 g/mol. The van der Waals surface area contributed by atoms with Gasteiger partial charge in [0.15, 0.2) is 0 Å². The summed E-state index contributed by atoms with van der Waals surface area (Å²) in [7, 11) is 0. The number of ether oxygens (including phenoxy) is 1. The molecule has 3 rings (SSSR count). The normalized spacial score (nSPS) is 10.4. The van der Waals surface area contributed by atoms with Gasteiger partial charge in [0, 0.05) is 10.9 Å². The highest BCUT2D eigenvalue weighted by molar-refractivity contribution is 9.10. The summed E-state index contributed by atoms with van der Waals surface area (Å²) in [6.45, 7) is 0.565. The van der Waals surface area contributed by atoms with Gasteiger partial charge in [0.25, 0.3) is 0 Å². The summed E-state index contributed by atoms with van der Waals surface area (Å²) in [5.41, 5.74) is 5.07. The number of nitrogens with zero attached hydrogens (tertiary/aromatic N) is 1. The second-order valence-corrected chi connectivity index (χ2v) is 5.87. The SMILES string of the molecule is Brc1cc(-c2cscn2)ccc1OCc1ccccc1. The van der Waals surface area contributed by atoms with Crippen molar-refractivity contribution >= 4 is 27.3 Å². The number of hydrogen-bond acceptors (Lipinski definition) is 3. The van der Waals surface area contributed by atoms with Crippen molar-refractivity contribution in [1.82, 2.24) is 4.98 Å². The Hall–Kier alpha value is -1.65. The van der Waals surface area contributed by atoms with Gasteiger partial charge in [-0.1, -0.05) is 30.3 Å². The largest absolute Gasteiger partial charge is 0.488 e. The van der Waals surface area contributed by atoms with Crippen molar-refractivity contribution < 1.29 is 4.74 Å². The Labute approximate surface area is 130 Å². The molecular formula is C16H12BrNOS. The number of benzene rings is 2. The molecule has 20 heavy (non-hydrogen) atoms. The second kappa shape index (κ2) is 6.20. The standard InChI is InChI=1S/C16H12BrNOS/c17-14-8-13(15-10-20-11-18-15)6-7-16(14)19-9-12-4-2-1-3-5-12/h1-8,10-11H,9H2. The topological polar surface area (TPSA) is 22.1 Å². The Balaban J connectivity index is 1.75. The molecule has 1 aromatic heterocycles. The van der Waals surface area contributed by atoms with E-state index in [9.17, 15) is 0 Å². The maximum absolute atomic E-state index is 5.83. The first kappa shape index (κ1) is 13.3. The molecule has 0 aliphatic rings. The molecule has 0 unspecified atom stereocenters. The Morgan fingerprint density at radius 2 is 1.95 bits per heavy atom. The smallest absolute Gasteiger partial charge is 0.134 e. The molecule has 100 valence electrons. The summed E-state index contributed by atoms with van der Waals surface area (Å²) in [4.78, 5) is 4.31. The van der Waals surface area contributed by atoms with Gasteiger partial charge < -0.3 is 4.74 Å². The summed E-state index contributed by atoms with van der Waals surface area (Å²) in [5, 5.41) is 2.03. The van der Waals surface area contributed by atoms with Gasteiger partial charge in [-0.2, -0.15) is 0 Å². The lowest BCUT2D eigenvalue weighted by Crippen LogP contribution is -1.95. The van der Waals surface area contributed by atoms with Crippen LogP contribution in [-0.2, 0) is 6.61 Å². The van der Waals surface area contributed by atoms with E-state index in [2.05, 4.69) is 33.0 Å². The van der Waals surface area contributed by atoms with Crippen LogP contribution in [0.5, 0.6) is 5.75 Å². The van der Waals surface area contributed by atoms with Gasteiger partial charge in [-0.15, -0.1) is 11.3 Å². The van der Waals surface area contributed by atoms with Crippen LogP contribution in [0.4, 0.5) is 0 Å². The number of hydrogen-bond donors (Lipinski definition) is 0. The molecule has 0 N–H and O–H groups in total. The molecule has 0 aliphatic heterocycles. The fourth-order valence-corrected chi connectivity index (χ4v) is 2.92. The van der Waals surface area contributed by atoms with Gasteiger partial charge in [0.2, 0.25) is 0 Å². The first-order valence-electron chi connectivity index (χ1n) is 6.18. The van der Waals surface area contributed by atoms with E-state index in [4.69, 9.17) is 4.74 Å². The minimum absolute atomic E-state index is 0.565. The first-order valence-corrected chi connectivity index (χ1v) is 7.91. The van der Waals surface area contributed by atoms with Gasteiger partial charge >= 0.3 is 0 Å². The lowest BCUT2D eigenvalue weighted by Gasteiger charge is -2.09. The molecule has 0 atom stereocenters. The summed E-state index contributed by atoms with van der Waals surface area (Å²) in [6.07, 6.45) is 0. The zero-order chi connectivity index (χ0) is 13.8. The van der Waals surface area contributed by atoms with Crippen molar-refractivity contribution in [3.63, 3.8) is 0 Å².